The van der Waals surface area contributed by atoms with E-state index in [9.17, 15) is 0 Å². The van der Waals surface area contributed by atoms with Gasteiger partial charge in [0, 0.05) is 45.0 Å². The minimum absolute atomic E-state index is 0.133. The third-order valence-corrected chi connectivity index (χ3v) is 4.05. The number of rotatable bonds is 9. The molecule has 0 amide bonds. The van der Waals surface area contributed by atoms with Crippen molar-refractivity contribution in [3.63, 3.8) is 0 Å². The van der Waals surface area contributed by atoms with E-state index in [4.69, 9.17) is 9.47 Å². The third kappa shape index (κ3) is 6.99. The second-order valence-electron chi connectivity index (χ2n) is 6.61. The Bertz CT molecular complexity index is 468. The Labute approximate surface area is 146 Å². The van der Waals surface area contributed by atoms with Gasteiger partial charge in [-0.25, -0.2) is 4.98 Å². The summed E-state index contributed by atoms with van der Waals surface area (Å²) in [5, 5.41) is 0. The Balaban J connectivity index is 1.92. The van der Waals surface area contributed by atoms with Crippen molar-refractivity contribution >= 4 is 0 Å². The monoisotopic (exact) mass is 333 g/mol. The Morgan fingerprint density at radius 1 is 1.38 bits per heavy atom. The van der Waals surface area contributed by atoms with Crippen molar-refractivity contribution in [2.75, 3.05) is 46.9 Å². The van der Waals surface area contributed by atoms with Crippen LogP contribution in [0.4, 0.5) is 0 Å². The van der Waals surface area contributed by atoms with Crippen LogP contribution < -0.4 is 4.74 Å². The summed E-state index contributed by atoms with van der Waals surface area (Å²) in [6.45, 7) is 9.36. The van der Waals surface area contributed by atoms with E-state index in [1.807, 2.05) is 18.3 Å². The van der Waals surface area contributed by atoms with Crippen LogP contribution in [0.3, 0.4) is 0 Å². The molecule has 0 radical (unpaired) electrons. The van der Waals surface area contributed by atoms with Crippen molar-refractivity contribution in [1.82, 2.24) is 14.8 Å². The van der Waals surface area contributed by atoms with Crippen LogP contribution in [0, 0.1) is 0 Å². The van der Waals surface area contributed by atoms with Crippen LogP contribution in [0.5, 0.6) is 5.88 Å². The molecule has 0 aliphatic carbocycles. The number of nitrogens with zero attached hydrogens (tertiary/aromatic N) is 3. The van der Waals surface area contributed by atoms with E-state index in [-0.39, 0.29) is 6.10 Å². The summed E-state index contributed by atoms with van der Waals surface area (Å²) >= 11 is 0. The largest absolute Gasteiger partial charge is 0.473 e. The maximum absolute atomic E-state index is 6.17. The fraction of sp³-hybridized carbons (Fsp3) is 0.632. The van der Waals surface area contributed by atoms with Gasteiger partial charge in [-0.2, -0.15) is 0 Å². The molecular weight excluding hydrogens is 302 g/mol. The van der Waals surface area contributed by atoms with Gasteiger partial charge in [-0.05, 0) is 38.9 Å². The smallest absolute Gasteiger partial charge is 0.213 e. The molecule has 1 aliphatic rings. The summed E-state index contributed by atoms with van der Waals surface area (Å²) < 4.78 is 11.7. The van der Waals surface area contributed by atoms with Crippen LogP contribution in [0.1, 0.15) is 24.8 Å². The molecule has 0 N–H and O–H groups in total. The summed E-state index contributed by atoms with van der Waals surface area (Å²) in [6, 6.07) is 4.07. The molecule has 2 heterocycles. The quantitative estimate of drug-likeness (QED) is 0.649. The summed E-state index contributed by atoms with van der Waals surface area (Å²) in [7, 11) is 4.11. The maximum atomic E-state index is 6.17. The van der Waals surface area contributed by atoms with Crippen molar-refractivity contribution in [1.29, 1.82) is 0 Å². The molecular formula is C19H31N3O2. The van der Waals surface area contributed by atoms with Crippen LogP contribution in [0.25, 0.3) is 0 Å². The molecule has 1 atom stereocenters. The first-order chi connectivity index (χ1) is 11.7. The molecule has 1 aromatic rings. The fourth-order valence-corrected chi connectivity index (χ4v) is 2.87. The van der Waals surface area contributed by atoms with Gasteiger partial charge in [0.15, 0.2) is 0 Å². The van der Waals surface area contributed by atoms with Crippen molar-refractivity contribution in [2.24, 2.45) is 0 Å². The molecule has 0 bridgehead atoms. The average Bonchev–Trinajstić information content (AvgIpc) is 2.82. The summed E-state index contributed by atoms with van der Waals surface area (Å²) in [6.07, 6.45) is 6.99. The predicted molar refractivity (Wildman–Crippen MR) is 97.4 cm³/mol. The SMILES string of the molecule is C=CCCC(CN1CCCOCC1)Oc1ccc(CN(C)C)cn1. The molecule has 0 spiro atoms. The summed E-state index contributed by atoms with van der Waals surface area (Å²) in [5.41, 5.74) is 1.19. The highest BCUT2D eigenvalue weighted by Gasteiger charge is 2.17. The molecule has 2 rings (SSSR count). The maximum Gasteiger partial charge on any atom is 0.213 e. The molecule has 24 heavy (non-hydrogen) atoms. The van der Waals surface area contributed by atoms with Crippen LogP contribution >= 0.6 is 0 Å². The first kappa shape index (κ1) is 18.9. The molecule has 1 fully saturated rings. The summed E-state index contributed by atoms with van der Waals surface area (Å²) in [4.78, 5) is 9.04. The fourth-order valence-electron chi connectivity index (χ4n) is 2.87. The van der Waals surface area contributed by atoms with E-state index in [1.54, 1.807) is 0 Å². The van der Waals surface area contributed by atoms with Crippen molar-refractivity contribution in [2.45, 2.75) is 31.9 Å². The van der Waals surface area contributed by atoms with E-state index in [0.717, 1.165) is 58.7 Å². The van der Waals surface area contributed by atoms with Gasteiger partial charge in [0.05, 0.1) is 6.61 Å². The highest BCUT2D eigenvalue weighted by atomic mass is 16.5. The van der Waals surface area contributed by atoms with E-state index in [1.165, 1.54) is 5.56 Å². The molecule has 1 aromatic heterocycles. The van der Waals surface area contributed by atoms with Gasteiger partial charge < -0.3 is 14.4 Å². The van der Waals surface area contributed by atoms with Crippen LogP contribution in [-0.4, -0.2) is 67.8 Å². The number of hydrogen-bond donors (Lipinski definition) is 0. The molecule has 0 aromatic carbocycles. The lowest BCUT2D eigenvalue weighted by molar-refractivity contribution is 0.109. The van der Waals surface area contributed by atoms with Gasteiger partial charge in [0.2, 0.25) is 5.88 Å². The minimum atomic E-state index is 0.133. The Kier molecular flexibility index (Phi) is 8.22. The zero-order chi connectivity index (χ0) is 17.2. The van der Waals surface area contributed by atoms with Crippen LogP contribution in [-0.2, 0) is 11.3 Å². The highest BCUT2D eigenvalue weighted by molar-refractivity contribution is 5.18. The lowest BCUT2D eigenvalue weighted by Gasteiger charge is -2.26. The molecule has 5 nitrogen and oxygen atoms in total. The van der Waals surface area contributed by atoms with Crippen molar-refractivity contribution in [3.05, 3.63) is 36.5 Å². The number of hydrogen-bond acceptors (Lipinski definition) is 5. The van der Waals surface area contributed by atoms with Gasteiger partial charge in [-0.1, -0.05) is 12.1 Å². The van der Waals surface area contributed by atoms with E-state index >= 15 is 0 Å². The number of aromatic nitrogens is 1. The second kappa shape index (κ2) is 10.4. The Morgan fingerprint density at radius 3 is 2.96 bits per heavy atom. The van der Waals surface area contributed by atoms with Crippen LogP contribution in [0.15, 0.2) is 31.0 Å². The van der Waals surface area contributed by atoms with Gasteiger partial charge in [-0.15, -0.1) is 6.58 Å². The summed E-state index contributed by atoms with van der Waals surface area (Å²) in [5.74, 6) is 0.706. The first-order valence-corrected chi connectivity index (χ1v) is 8.84. The van der Waals surface area contributed by atoms with E-state index in [0.29, 0.717) is 5.88 Å². The number of ether oxygens (including phenoxy) is 2. The molecule has 134 valence electrons. The lowest BCUT2D eigenvalue weighted by Crippen LogP contribution is -2.37. The number of pyridine rings is 1. The van der Waals surface area contributed by atoms with Gasteiger partial charge in [-0.3, -0.25) is 4.90 Å². The standard InChI is InChI=1S/C19H31N3O2/c1-4-5-7-18(16-22-10-6-12-23-13-11-22)24-19-9-8-17(14-20-19)15-21(2)3/h4,8-9,14,18H,1,5-7,10-13,15-16H2,2-3H3. The third-order valence-electron chi connectivity index (χ3n) is 4.05. The zero-order valence-electron chi connectivity index (χ0n) is 15.1. The Morgan fingerprint density at radius 2 is 2.25 bits per heavy atom. The number of allylic oxidation sites excluding steroid dienone is 1. The molecule has 0 saturated carbocycles. The van der Waals surface area contributed by atoms with Crippen LogP contribution in [0.2, 0.25) is 0 Å². The van der Waals surface area contributed by atoms with Gasteiger partial charge >= 0.3 is 0 Å². The Hall–Kier alpha value is -1.43. The van der Waals surface area contributed by atoms with E-state index < -0.39 is 0 Å². The minimum Gasteiger partial charge on any atom is -0.473 e. The van der Waals surface area contributed by atoms with Crippen molar-refractivity contribution in [3.8, 4) is 5.88 Å². The molecule has 1 unspecified atom stereocenters. The highest BCUT2D eigenvalue weighted by Crippen LogP contribution is 2.15. The predicted octanol–water partition coefficient (Wildman–Crippen LogP) is 2.58. The van der Waals surface area contributed by atoms with Gasteiger partial charge in [0.25, 0.3) is 0 Å². The van der Waals surface area contributed by atoms with E-state index in [2.05, 4.69) is 41.5 Å². The zero-order valence-corrected chi connectivity index (χ0v) is 15.1. The first-order valence-electron chi connectivity index (χ1n) is 8.84. The van der Waals surface area contributed by atoms with Gasteiger partial charge in [0.1, 0.15) is 6.10 Å². The average molecular weight is 333 g/mol. The molecule has 1 aliphatic heterocycles. The lowest BCUT2D eigenvalue weighted by atomic mass is 10.1. The molecule has 5 heteroatoms. The normalized spacial score (nSPS) is 17.5. The molecule has 1 saturated heterocycles. The van der Waals surface area contributed by atoms with Crippen molar-refractivity contribution < 1.29 is 9.47 Å². The topological polar surface area (TPSA) is 37.8 Å². The second-order valence-corrected chi connectivity index (χ2v) is 6.61.